The lowest BCUT2D eigenvalue weighted by atomic mass is 9.78. The van der Waals surface area contributed by atoms with E-state index in [2.05, 4.69) is 6.92 Å². The van der Waals surface area contributed by atoms with Gasteiger partial charge in [0.25, 0.3) is 0 Å². The second-order valence-corrected chi connectivity index (χ2v) is 5.05. The van der Waals surface area contributed by atoms with Crippen LogP contribution in [0.5, 0.6) is 0 Å². The highest BCUT2D eigenvalue weighted by Crippen LogP contribution is 2.44. The quantitative estimate of drug-likeness (QED) is 0.622. The van der Waals surface area contributed by atoms with Crippen LogP contribution in [0.3, 0.4) is 0 Å². The molecule has 2 fully saturated rings. The minimum absolute atomic E-state index is 0.0683. The van der Waals surface area contributed by atoms with Gasteiger partial charge >= 0.3 is 0 Å². The summed E-state index contributed by atoms with van der Waals surface area (Å²) in [5, 5.41) is 9.78. The predicted molar refractivity (Wildman–Crippen MR) is 53.6 cm³/mol. The molecular weight excluding hydrogens is 178 g/mol. The van der Waals surface area contributed by atoms with Gasteiger partial charge < -0.3 is 10.0 Å². The molecule has 0 aromatic rings. The van der Waals surface area contributed by atoms with Crippen LogP contribution in [0.2, 0.25) is 0 Å². The van der Waals surface area contributed by atoms with E-state index in [1.807, 2.05) is 18.9 Å². The summed E-state index contributed by atoms with van der Waals surface area (Å²) in [5.41, 5.74) is 0. The Bertz CT molecular complexity index is 254. The molecular formula is C11H19NO2. The van der Waals surface area contributed by atoms with Crippen molar-refractivity contribution >= 4 is 5.91 Å². The fraction of sp³-hybridized carbons (Fsp3) is 0.909. The number of piperidine rings is 1. The van der Waals surface area contributed by atoms with Crippen LogP contribution in [0.15, 0.2) is 0 Å². The zero-order valence-electron chi connectivity index (χ0n) is 9.10. The van der Waals surface area contributed by atoms with Crippen LogP contribution >= 0.6 is 0 Å². The first kappa shape index (κ1) is 9.97. The molecule has 0 aromatic carbocycles. The molecule has 0 spiro atoms. The van der Waals surface area contributed by atoms with Gasteiger partial charge in [-0.3, -0.25) is 4.79 Å². The molecule has 1 aliphatic heterocycles. The van der Waals surface area contributed by atoms with E-state index in [-0.39, 0.29) is 23.8 Å². The Kier molecular flexibility index (Phi) is 2.30. The van der Waals surface area contributed by atoms with Gasteiger partial charge in [0.2, 0.25) is 5.91 Å². The Labute approximate surface area is 85.1 Å². The van der Waals surface area contributed by atoms with Crippen molar-refractivity contribution in [2.45, 2.75) is 26.4 Å². The van der Waals surface area contributed by atoms with Crippen LogP contribution in [0.4, 0.5) is 0 Å². The molecule has 2 aliphatic rings. The summed E-state index contributed by atoms with van der Waals surface area (Å²) in [6.07, 6.45) is 0.537. The third-order valence-electron chi connectivity index (χ3n) is 4.10. The number of hydrogen-bond donors (Lipinski definition) is 1. The van der Waals surface area contributed by atoms with Gasteiger partial charge in [0.1, 0.15) is 0 Å². The standard InChI is InChI=1S/C11H19NO2/c1-6-5-12(3)11(14)10-7(2)9(13)4-8(6)10/h6-10,13H,4-5H2,1-3H3/t6-,7+,8-,9-,10-/m0/s1. The Morgan fingerprint density at radius 1 is 1.43 bits per heavy atom. The third-order valence-corrected chi connectivity index (χ3v) is 4.10. The van der Waals surface area contributed by atoms with Crippen LogP contribution < -0.4 is 0 Å². The second kappa shape index (κ2) is 3.23. The molecule has 1 heterocycles. The predicted octanol–water partition coefficient (Wildman–Crippen LogP) is 0.728. The van der Waals surface area contributed by atoms with Crippen molar-refractivity contribution in [1.82, 2.24) is 4.90 Å². The SMILES string of the molecule is C[C@H]1[C@@H]2C(=O)N(C)C[C@H](C)[C@@H]2C[C@@H]1O. The zero-order chi connectivity index (χ0) is 10.5. The summed E-state index contributed by atoms with van der Waals surface area (Å²) in [6.45, 7) is 5.03. The lowest BCUT2D eigenvalue weighted by Crippen LogP contribution is -2.47. The maximum atomic E-state index is 11.9. The molecule has 14 heavy (non-hydrogen) atoms. The highest BCUT2D eigenvalue weighted by Gasteiger charge is 2.49. The first-order valence-corrected chi connectivity index (χ1v) is 5.45. The van der Waals surface area contributed by atoms with Gasteiger partial charge in [-0.15, -0.1) is 0 Å². The molecule has 1 saturated carbocycles. The van der Waals surface area contributed by atoms with Crippen molar-refractivity contribution in [2.24, 2.45) is 23.7 Å². The number of carbonyl (C=O) groups excluding carboxylic acids is 1. The van der Waals surface area contributed by atoms with E-state index >= 15 is 0 Å². The topological polar surface area (TPSA) is 40.5 Å². The molecule has 3 heteroatoms. The van der Waals surface area contributed by atoms with Crippen molar-refractivity contribution in [3.8, 4) is 0 Å². The Morgan fingerprint density at radius 2 is 2.07 bits per heavy atom. The van der Waals surface area contributed by atoms with Gasteiger partial charge in [0.05, 0.1) is 6.10 Å². The highest BCUT2D eigenvalue weighted by molar-refractivity contribution is 5.80. The average Bonchev–Trinajstić information content (AvgIpc) is 2.41. The number of aliphatic hydroxyl groups excluding tert-OH is 1. The summed E-state index contributed by atoms with van der Waals surface area (Å²) >= 11 is 0. The molecule has 0 unspecified atom stereocenters. The molecule has 1 amide bonds. The number of hydrogen-bond acceptors (Lipinski definition) is 2. The Hall–Kier alpha value is -0.570. The lowest BCUT2D eigenvalue weighted by Gasteiger charge is -2.38. The fourth-order valence-corrected chi connectivity index (χ4v) is 3.18. The number of carbonyl (C=O) groups is 1. The summed E-state index contributed by atoms with van der Waals surface area (Å²) < 4.78 is 0. The van der Waals surface area contributed by atoms with E-state index in [1.165, 1.54) is 0 Å². The minimum atomic E-state index is -0.275. The van der Waals surface area contributed by atoms with Crippen LogP contribution in [0, 0.1) is 23.7 Å². The van der Waals surface area contributed by atoms with Gasteiger partial charge in [-0.25, -0.2) is 0 Å². The van der Waals surface area contributed by atoms with Crippen molar-refractivity contribution in [3.05, 3.63) is 0 Å². The second-order valence-electron chi connectivity index (χ2n) is 5.05. The molecule has 1 aliphatic carbocycles. The minimum Gasteiger partial charge on any atom is -0.393 e. The largest absolute Gasteiger partial charge is 0.393 e. The molecule has 5 atom stereocenters. The smallest absolute Gasteiger partial charge is 0.226 e. The maximum absolute atomic E-state index is 11.9. The molecule has 3 nitrogen and oxygen atoms in total. The van der Waals surface area contributed by atoms with E-state index in [1.54, 1.807) is 0 Å². The van der Waals surface area contributed by atoms with Crippen LogP contribution in [0.25, 0.3) is 0 Å². The molecule has 1 saturated heterocycles. The van der Waals surface area contributed by atoms with Gasteiger partial charge in [-0.1, -0.05) is 13.8 Å². The molecule has 0 bridgehead atoms. The average molecular weight is 197 g/mol. The van der Waals surface area contributed by atoms with Crippen LogP contribution in [0.1, 0.15) is 20.3 Å². The van der Waals surface area contributed by atoms with E-state index < -0.39 is 0 Å². The summed E-state index contributed by atoms with van der Waals surface area (Å²) in [6, 6.07) is 0. The molecule has 0 radical (unpaired) electrons. The third kappa shape index (κ3) is 1.26. The molecule has 0 aromatic heterocycles. The van der Waals surface area contributed by atoms with Crippen molar-refractivity contribution in [1.29, 1.82) is 0 Å². The van der Waals surface area contributed by atoms with Gasteiger partial charge in [-0.2, -0.15) is 0 Å². The fourth-order valence-electron chi connectivity index (χ4n) is 3.18. The van der Waals surface area contributed by atoms with Crippen LogP contribution in [-0.2, 0) is 4.79 Å². The van der Waals surface area contributed by atoms with Gasteiger partial charge in [0, 0.05) is 19.5 Å². The van der Waals surface area contributed by atoms with Crippen molar-refractivity contribution in [3.63, 3.8) is 0 Å². The first-order chi connectivity index (χ1) is 6.52. The Balaban J connectivity index is 2.25. The van der Waals surface area contributed by atoms with Crippen molar-refractivity contribution in [2.75, 3.05) is 13.6 Å². The number of aliphatic hydroxyl groups is 1. The van der Waals surface area contributed by atoms with Crippen molar-refractivity contribution < 1.29 is 9.90 Å². The van der Waals surface area contributed by atoms with Gasteiger partial charge in [-0.05, 0) is 24.2 Å². The van der Waals surface area contributed by atoms with Crippen LogP contribution in [-0.4, -0.2) is 35.6 Å². The molecule has 1 N–H and O–H groups in total. The zero-order valence-corrected chi connectivity index (χ0v) is 9.10. The number of fused-ring (bicyclic) bond motifs is 1. The highest BCUT2D eigenvalue weighted by atomic mass is 16.3. The van der Waals surface area contributed by atoms with E-state index in [0.29, 0.717) is 11.8 Å². The Morgan fingerprint density at radius 3 is 2.71 bits per heavy atom. The number of rotatable bonds is 0. The van der Waals surface area contributed by atoms with Gasteiger partial charge in [0.15, 0.2) is 0 Å². The summed E-state index contributed by atoms with van der Waals surface area (Å²) in [4.78, 5) is 13.7. The normalized spacial score (nSPS) is 48.1. The number of likely N-dealkylation sites (tertiary alicyclic amines) is 1. The monoisotopic (exact) mass is 197 g/mol. The molecule has 2 rings (SSSR count). The number of nitrogens with zero attached hydrogens (tertiary/aromatic N) is 1. The summed E-state index contributed by atoms with van der Waals surface area (Å²) in [7, 11) is 1.87. The summed E-state index contributed by atoms with van der Waals surface area (Å²) in [5.74, 6) is 1.37. The first-order valence-electron chi connectivity index (χ1n) is 5.45. The maximum Gasteiger partial charge on any atom is 0.226 e. The number of amides is 1. The molecule has 80 valence electrons. The lowest BCUT2D eigenvalue weighted by molar-refractivity contribution is -0.142. The van der Waals surface area contributed by atoms with E-state index in [9.17, 15) is 9.90 Å². The van der Waals surface area contributed by atoms with E-state index in [0.717, 1.165) is 13.0 Å². The van der Waals surface area contributed by atoms with E-state index in [4.69, 9.17) is 0 Å².